The van der Waals surface area contributed by atoms with Crippen LogP contribution < -0.4 is 5.32 Å². The van der Waals surface area contributed by atoms with Crippen LogP contribution in [-0.2, 0) is 33.2 Å². The predicted molar refractivity (Wildman–Crippen MR) is 383 cm³/mol. The minimum absolute atomic E-state index is 0.234. The average molecular weight is 1370 g/mol. The van der Waals surface area contributed by atoms with Crippen LogP contribution in [0.5, 0.6) is 0 Å². The van der Waals surface area contributed by atoms with Gasteiger partial charge in [0.25, 0.3) is 0 Å². The van der Waals surface area contributed by atoms with Crippen molar-refractivity contribution in [3.05, 3.63) is 97.2 Å². The second-order valence-electron chi connectivity index (χ2n) is 26.7. The number of carbonyl (C=O) groups excluding carboxylic acids is 1. The molecule has 0 aliphatic carbocycles. The normalized spacial score (nSPS) is 27.5. The maximum atomic E-state index is 13.4. The maximum absolute atomic E-state index is 13.4. The Morgan fingerprint density at radius 1 is 0.381 bits per heavy atom. The molecule has 12 N–H and O–H groups in total. The summed E-state index contributed by atoms with van der Waals surface area (Å²) in [5.74, 6) is -0.286. The molecule has 17 unspecified atom stereocenters. The molecule has 0 bridgehead atoms. The number of nitrogens with one attached hydrogen (secondary N) is 1. The molecule has 3 fully saturated rings. The van der Waals surface area contributed by atoms with Gasteiger partial charge in [-0.15, -0.1) is 0 Å². The van der Waals surface area contributed by atoms with Gasteiger partial charge in [-0.25, -0.2) is 0 Å². The van der Waals surface area contributed by atoms with Gasteiger partial charge in [-0.3, -0.25) is 4.79 Å². The van der Waals surface area contributed by atoms with Crippen LogP contribution in [0.3, 0.4) is 0 Å². The summed E-state index contributed by atoms with van der Waals surface area (Å²) >= 11 is 0. The minimum Gasteiger partial charge on any atom is -0.394 e. The summed E-state index contributed by atoms with van der Waals surface area (Å²) in [6.07, 6.45) is 51.3. The summed E-state index contributed by atoms with van der Waals surface area (Å²) in [5, 5.41) is 120. The lowest BCUT2D eigenvalue weighted by Gasteiger charge is -2.48. The fourth-order valence-corrected chi connectivity index (χ4v) is 12.3. The Kier molecular flexibility index (Phi) is 52.8. The number of amides is 1. The summed E-state index contributed by atoms with van der Waals surface area (Å²) in [6.45, 7) is 1.58. The summed E-state index contributed by atoms with van der Waals surface area (Å²) < 4.78 is 34.3. The van der Waals surface area contributed by atoms with Crippen LogP contribution in [0.25, 0.3) is 0 Å². The van der Waals surface area contributed by atoms with Crippen molar-refractivity contribution in [2.75, 3.05) is 26.4 Å². The molecule has 0 aromatic carbocycles. The largest absolute Gasteiger partial charge is 0.394 e. The molecular weight excluding hydrogens is 1240 g/mol. The first kappa shape index (κ1) is 87.9. The summed E-state index contributed by atoms with van der Waals surface area (Å²) in [5.41, 5.74) is 0. The van der Waals surface area contributed by atoms with Crippen LogP contribution >= 0.6 is 0 Å². The number of allylic oxidation sites excluding steroid dienone is 15. The molecule has 17 atom stereocenters. The topological polar surface area (TPSA) is 307 Å². The Morgan fingerprint density at radius 3 is 1.15 bits per heavy atom. The van der Waals surface area contributed by atoms with E-state index in [9.17, 15) is 61.0 Å². The van der Waals surface area contributed by atoms with E-state index in [2.05, 4.69) is 104 Å². The SMILES string of the molecule is CC/C=C\C/C=C\C/C=C\C/C=C\C/C=C\C/C=C\CCCCCCCCCCCCCCCCCCCCCCC(=O)NC(COC1OC(CO)C(OC2OC(CO)C(OC3OC(CO)C(O)C(O)C3O)C(O)C2O)C(O)C1O)C(O)/C=C/CC/C=C/CCCCCCCCC. The highest BCUT2D eigenvalue weighted by atomic mass is 16.8. The smallest absolute Gasteiger partial charge is 0.220 e. The maximum Gasteiger partial charge on any atom is 0.220 e. The van der Waals surface area contributed by atoms with E-state index in [1.54, 1.807) is 6.08 Å². The highest BCUT2D eigenvalue weighted by Gasteiger charge is 2.53. The summed E-state index contributed by atoms with van der Waals surface area (Å²) in [6, 6.07) is -0.992. The second-order valence-corrected chi connectivity index (χ2v) is 26.7. The van der Waals surface area contributed by atoms with Gasteiger partial charge in [0.2, 0.25) is 5.91 Å². The third-order valence-electron chi connectivity index (χ3n) is 18.4. The van der Waals surface area contributed by atoms with Gasteiger partial charge >= 0.3 is 0 Å². The van der Waals surface area contributed by atoms with E-state index in [-0.39, 0.29) is 18.9 Å². The molecule has 3 aliphatic rings. The van der Waals surface area contributed by atoms with Crippen LogP contribution in [-0.4, -0.2) is 193 Å². The van der Waals surface area contributed by atoms with Crippen molar-refractivity contribution < 1.29 is 89.4 Å². The predicted octanol–water partition coefficient (Wildman–Crippen LogP) is 11.6. The Bertz CT molecular complexity index is 2130. The number of ether oxygens (including phenoxy) is 6. The van der Waals surface area contributed by atoms with E-state index >= 15 is 0 Å². The van der Waals surface area contributed by atoms with Crippen molar-refractivity contribution in [1.29, 1.82) is 0 Å². The van der Waals surface area contributed by atoms with Crippen molar-refractivity contribution in [2.45, 2.75) is 362 Å². The van der Waals surface area contributed by atoms with E-state index in [4.69, 9.17) is 28.4 Å². The molecule has 97 heavy (non-hydrogen) atoms. The number of aliphatic hydroxyl groups excluding tert-OH is 11. The van der Waals surface area contributed by atoms with Gasteiger partial charge in [-0.05, 0) is 83.5 Å². The Labute approximate surface area is 583 Å². The lowest BCUT2D eigenvalue weighted by molar-refractivity contribution is -0.379. The van der Waals surface area contributed by atoms with Crippen LogP contribution in [0, 0.1) is 0 Å². The van der Waals surface area contributed by atoms with E-state index < -0.39 is 124 Å². The molecule has 3 aliphatic heterocycles. The van der Waals surface area contributed by atoms with E-state index in [1.165, 1.54) is 148 Å². The molecule has 0 radical (unpaired) electrons. The van der Waals surface area contributed by atoms with Crippen molar-refractivity contribution in [3.8, 4) is 0 Å². The minimum atomic E-state index is -1.98. The fourth-order valence-electron chi connectivity index (χ4n) is 12.3. The zero-order valence-corrected chi connectivity index (χ0v) is 59.5. The molecule has 3 saturated heterocycles. The molecule has 0 saturated carbocycles. The number of hydrogen-bond acceptors (Lipinski definition) is 18. The molecule has 19 heteroatoms. The number of hydrogen-bond donors (Lipinski definition) is 12. The molecule has 560 valence electrons. The van der Waals surface area contributed by atoms with Crippen LogP contribution in [0.2, 0.25) is 0 Å². The van der Waals surface area contributed by atoms with E-state index in [1.807, 2.05) is 6.08 Å². The molecule has 0 spiro atoms. The summed E-state index contributed by atoms with van der Waals surface area (Å²) in [7, 11) is 0. The van der Waals surface area contributed by atoms with Gasteiger partial charge < -0.3 is 89.9 Å². The van der Waals surface area contributed by atoms with E-state index in [0.717, 1.165) is 77.0 Å². The standard InChI is InChI=1S/C78H135NO18/c1-3-5-7-9-11-13-15-17-18-19-20-21-22-23-24-25-26-27-28-29-30-31-32-33-34-35-36-37-38-39-40-41-42-44-46-48-50-52-54-56-66(84)79-61(62(83)55-53-51-49-47-45-43-16-14-12-10-8-6-4-2)60-92-76-72(90)69(87)74(64(58-81)94-76)97-78-73(91)70(88)75(65(59-82)95-78)96-77-71(89)68(86)67(85)63(57-80)93-77/h5,7,11,13,17-18,20-21,23-24,26-27,45,47,53,55,61-65,67-78,80-83,85-91H,3-4,6,8-10,12,14-16,19,22,25,28-44,46,48-52,54,56-60H2,1-2H3,(H,79,84)/b7-5-,13-11-,18-17-,21-20-,24-23-,27-26-,47-45+,55-53+. The zero-order valence-electron chi connectivity index (χ0n) is 59.5. The van der Waals surface area contributed by atoms with Gasteiger partial charge in [-0.2, -0.15) is 0 Å². The molecule has 3 rings (SSSR count). The molecule has 1 amide bonds. The van der Waals surface area contributed by atoms with Gasteiger partial charge in [-0.1, -0.05) is 265 Å². The Morgan fingerprint density at radius 2 is 0.722 bits per heavy atom. The van der Waals surface area contributed by atoms with Gasteiger partial charge in [0.05, 0.1) is 38.6 Å². The van der Waals surface area contributed by atoms with Crippen molar-refractivity contribution in [2.24, 2.45) is 0 Å². The molecule has 3 heterocycles. The van der Waals surface area contributed by atoms with Crippen molar-refractivity contribution in [1.82, 2.24) is 5.32 Å². The Balaban J connectivity index is 1.30. The van der Waals surface area contributed by atoms with Crippen molar-refractivity contribution >= 4 is 5.91 Å². The molecule has 0 aromatic rings. The average Bonchev–Trinajstić information content (AvgIpc) is 0.809. The third-order valence-corrected chi connectivity index (χ3v) is 18.4. The number of rotatable bonds is 58. The molecule has 0 aromatic heterocycles. The first-order valence-electron chi connectivity index (χ1n) is 38.0. The number of aliphatic hydroxyl groups is 11. The zero-order chi connectivity index (χ0) is 70.4. The second kappa shape index (κ2) is 58.2. The quantitative estimate of drug-likeness (QED) is 0.0199. The third kappa shape index (κ3) is 39.1. The monoisotopic (exact) mass is 1370 g/mol. The molecule has 19 nitrogen and oxygen atoms in total. The lowest BCUT2D eigenvalue weighted by Crippen LogP contribution is -2.66. The van der Waals surface area contributed by atoms with Gasteiger partial charge in [0.15, 0.2) is 18.9 Å². The molecular formula is C78H135NO18. The summed E-state index contributed by atoms with van der Waals surface area (Å²) in [4.78, 5) is 13.4. The number of carbonyl (C=O) groups is 1. The van der Waals surface area contributed by atoms with Crippen LogP contribution in [0.1, 0.15) is 258 Å². The van der Waals surface area contributed by atoms with Gasteiger partial charge in [0, 0.05) is 6.42 Å². The first-order valence-corrected chi connectivity index (χ1v) is 38.0. The highest BCUT2D eigenvalue weighted by Crippen LogP contribution is 2.33. The van der Waals surface area contributed by atoms with E-state index in [0.29, 0.717) is 12.8 Å². The lowest BCUT2D eigenvalue weighted by atomic mass is 9.96. The fraction of sp³-hybridized carbons (Fsp3) is 0.782. The van der Waals surface area contributed by atoms with Crippen molar-refractivity contribution in [3.63, 3.8) is 0 Å². The Hall–Kier alpha value is -3.29. The first-order chi connectivity index (χ1) is 47.3. The number of unbranched alkanes of at least 4 members (excludes halogenated alkanes) is 28. The van der Waals surface area contributed by atoms with Gasteiger partial charge in [0.1, 0.15) is 73.2 Å². The van der Waals surface area contributed by atoms with Crippen LogP contribution in [0.15, 0.2) is 97.2 Å². The van der Waals surface area contributed by atoms with Crippen LogP contribution in [0.4, 0.5) is 0 Å². The highest BCUT2D eigenvalue weighted by molar-refractivity contribution is 5.76.